The summed E-state index contributed by atoms with van der Waals surface area (Å²) in [6.07, 6.45) is 5.12. The number of rotatable bonds is 6. The molecule has 96 valence electrons. The van der Waals surface area contributed by atoms with E-state index in [1.165, 1.54) is 36.4 Å². The lowest BCUT2D eigenvalue weighted by molar-refractivity contribution is 0.417. The van der Waals surface area contributed by atoms with E-state index in [1.54, 1.807) is 7.11 Å². The van der Waals surface area contributed by atoms with Crippen molar-refractivity contribution in [3.05, 3.63) is 23.8 Å². The van der Waals surface area contributed by atoms with Crippen molar-refractivity contribution in [2.45, 2.75) is 52.2 Å². The Bertz CT molecular complexity index is 352. The topological polar surface area (TPSA) is 9.23 Å². The van der Waals surface area contributed by atoms with Crippen LogP contribution in [0, 0.1) is 0 Å². The van der Waals surface area contributed by atoms with Crippen LogP contribution in [-0.4, -0.2) is 15.2 Å². The van der Waals surface area contributed by atoms with E-state index in [9.17, 15) is 0 Å². The third-order valence-electron chi connectivity index (χ3n) is 3.14. The van der Waals surface area contributed by atoms with E-state index in [4.69, 9.17) is 4.74 Å². The first-order valence-electron chi connectivity index (χ1n) is 6.66. The summed E-state index contributed by atoms with van der Waals surface area (Å²) in [5.41, 5.74) is 1.47. The Labute approximate surface area is 107 Å². The first-order chi connectivity index (χ1) is 7.99. The van der Waals surface area contributed by atoms with Crippen LogP contribution in [0.2, 0.25) is 19.6 Å². The van der Waals surface area contributed by atoms with Gasteiger partial charge in [-0.25, -0.2) is 0 Å². The first kappa shape index (κ1) is 14.3. The Morgan fingerprint density at radius 2 is 1.82 bits per heavy atom. The lowest BCUT2D eigenvalue weighted by Gasteiger charge is -2.21. The van der Waals surface area contributed by atoms with Gasteiger partial charge in [0, 0.05) is 0 Å². The van der Waals surface area contributed by atoms with E-state index in [2.05, 4.69) is 44.8 Å². The van der Waals surface area contributed by atoms with Gasteiger partial charge in [-0.3, -0.25) is 0 Å². The van der Waals surface area contributed by atoms with Gasteiger partial charge in [-0.1, -0.05) is 51.5 Å². The quantitative estimate of drug-likeness (QED) is 0.548. The van der Waals surface area contributed by atoms with Crippen molar-refractivity contribution < 1.29 is 4.74 Å². The maximum Gasteiger partial charge on any atom is 0.118 e. The van der Waals surface area contributed by atoms with Crippen LogP contribution in [-0.2, 0) is 6.42 Å². The van der Waals surface area contributed by atoms with Crippen LogP contribution in [0.3, 0.4) is 0 Å². The summed E-state index contributed by atoms with van der Waals surface area (Å²) in [7, 11) is 0.471. The standard InChI is InChI=1S/C15H26OSi/c1-6-7-8-9-13-10-11-14(16-2)15(12-13)17(3,4)5/h10-12H,6-9H2,1-5H3. The minimum absolute atomic E-state index is 1.07. The molecule has 2 heteroatoms. The Balaban J connectivity index is 2.89. The highest BCUT2D eigenvalue weighted by Crippen LogP contribution is 2.17. The Morgan fingerprint density at radius 1 is 1.12 bits per heavy atom. The van der Waals surface area contributed by atoms with E-state index in [0.717, 1.165) is 5.75 Å². The highest BCUT2D eigenvalue weighted by Gasteiger charge is 2.21. The zero-order chi connectivity index (χ0) is 12.9. The molecule has 1 rings (SSSR count). The Kier molecular flexibility index (Phi) is 5.25. The van der Waals surface area contributed by atoms with Crippen LogP contribution in [0.4, 0.5) is 0 Å². The zero-order valence-electron chi connectivity index (χ0n) is 12.0. The largest absolute Gasteiger partial charge is 0.497 e. The van der Waals surface area contributed by atoms with E-state index in [0.29, 0.717) is 0 Å². The van der Waals surface area contributed by atoms with Gasteiger partial charge in [0.2, 0.25) is 0 Å². The van der Waals surface area contributed by atoms with Crippen LogP contribution in [0.1, 0.15) is 31.7 Å². The molecule has 0 amide bonds. The van der Waals surface area contributed by atoms with E-state index in [1.807, 2.05) is 0 Å². The number of methoxy groups -OCH3 is 1. The molecular weight excluding hydrogens is 224 g/mol. The highest BCUT2D eigenvalue weighted by atomic mass is 28.3. The van der Waals surface area contributed by atoms with Crippen molar-refractivity contribution in [3.63, 3.8) is 0 Å². The van der Waals surface area contributed by atoms with E-state index in [-0.39, 0.29) is 0 Å². The summed E-state index contributed by atoms with van der Waals surface area (Å²) >= 11 is 0. The van der Waals surface area contributed by atoms with Gasteiger partial charge < -0.3 is 4.74 Å². The van der Waals surface area contributed by atoms with Gasteiger partial charge in [-0.15, -0.1) is 0 Å². The maximum absolute atomic E-state index is 5.49. The fraction of sp³-hybridized carbons (Fsp3) is 0.600. The minimum atomic E-state index is -1.30. The van der Waals surface area contributed by atoms with Crippen molar-refractivity contribution in [1.82, 2.24) is 0 Å². The fourth-order valence-corrected chi connectivity index (χ4v) is 3.62. The van der Waals surface area contributed by atoms with Crippen LogP contribution >= 0.6 is 0 Å². The lowest BCUT2D eigenvalue weighted by atomic mass is 10.1. The molecule has 0 unspecified atom stereocenters. The summed E-state index contributed by atoms with van der Waals surface area (Å²) in [6.45, 7) is 9.38. The van der Waals surface area contributed by atoms with Crippen molar-refractivity contribution in [2.24, 2.45) is 0 Å². The molecular formula is C15H26OSi. The van der Waals surface area contributed by atoms with Gasteiger partial charge in [0.1, 0.15) is 5.75 Å². The number of benzene rings is 1. The predicted molar refractivity (Wildman–Crippen MR) is 79.2 cm³/mol. The second-order valence-electron chi connectivity index (χ2n) is 5.74. The van der Waals surface area contributed by atoms with E-state index < -0.39 is 8.07 Å². The van der Waals surface area contributed by atoms with Gasteiger partial charge >= 0.3 is 0 Å². The number of hydrogen-bond acceptors (Lipinski definition) is 1. The maximum atomic E-state index is 5.49. The molecule has 1 nitrogen and oxygen atoms in total. The van der Waals surface area contributed by atoms with Crippen molar-refractivity contribution in [3.8, 4) is 5.75 Å². The van der Waals surface area contributed by atoms with Crippen LogP contribution in [0.25, 0.3) is 0 Å². The van der Waals surface area contributed by atoms with Crippen molar-refractivity contribution in [1.29, 1.82) is 0 Å². The monoisotopic (exact) mass is 250 g/mol. The molecule has 0 aliphatic carbocycles. The smallest absolute Gasteiger partial charge is 0.118 e. The molecule has 0 spiro atoms. The third kappa shape index (κ3) is 4.19. The molecule has 1 aromatic carbocycles. The molecule has 0 saturated heterocycles. The van der Waals surface area contributed by atoms with E-state index >= 15 is 0 Å². The molecule has 0 bridgehead atoms. The number of ether oxygens (including phenoxy) is 1. The molecule has 0 fully saturated rings. The average Bonchev–Trinajstić information content (AvgIpc) is 2.28. The van der Waals surface area contributed by atoms with Crippen molar-refractivity contribution in [2.75, 3.05) is 7.11 Å². The number of unbranched alkanes of at least 4 members (excludes halogenated alkanes) is 2. The molecule has 0 heterocycles. The van der Waals surface area contributed by atoms with Gasteiger partial charge in [0.25, 0.3) is 0 Å². The van der Waals surface area contributed by atoms with Crippen molar-refractivity contribution >= 4 is 13.3 Å². The molecule has 0 atom stereocenters. The van der Waals surface area contributed by atoms with Gasteiger partial charge in [-0.05, 0) is 29.7 Å². The molecule has 0 saturated carbocycles. The molecule has 17 heavy (non-hydrogen) atoms. The fourth-order valence-electron chi connectivity index (χ4n) is 2.08. The summed E-state index contributed by atoms with van der Waals surface area (Å²) in [5.74, 6) is 1.07. The molecule has 0 N–H and O–H groups in total. The van der Waals surface area contributed by atoms with Gasteiger partial charge in [0.15, 0.2) is 0 Å². The van der Waals surface area contributed by atoms with Crippen LogP contribution in [0.5, 0.6) is 5.75 Å². The Hall–Kier alpha value is -0.763. The Morgan fingerprint density at radius 3 is 2.35 bits per heavy atom. The number of hydrogen-bond donors (Lipinski definition) is 0. The van der Waals surface area contributed by atoms with Gasteiger partial charge in [0.05, 0.1) is 15.2 Å². The predicted octanol–water partition coefficient (Wildman–Crippen LogP) is 3.97. The molecule has 0 radical (unpaired) electrons. The van der Waals surface area contributed by atoms with Crippen LogP contribution < -0.4 is 9.92 Å². The normalized spacial score (nSPS) is 11.6. The molecule has 0 aliphatic heterocycles. The SMILES string of the molecule is CCCCCc1ccc(OC)c([Si](C)(C)C)c1. The summed E-state index contributed by atoms with van der Waals surface area (Å²) in [5, 5.41) is 1.45. The van der Waals surface area contributed by atoms with Gasteiger partial charge in [-0.2, -0.15) is 0 Å². The molecule has 0 aliphatic rings. The molecule has 0 aromatic heterocycles. The summed E-state index contributed by atoms with van der Waals surface area (Å²) in [4.78, 5) is 0. The highest BCUT2D eigenvalue weighted by molar-refractivity contribution is 6.89. The second-order valence-corrected chi connectivity index (χ2v) is 10.8. The third-order valence-corrected chi connectivity index (χ3v) is 5.15. The average molecular weight is 250 g/mol. The molecule has 1 aromatic rings. The summed E-state index contributed by atoms with van der Waals surface area (Å²) < 4.78 is 5.49. The number of aryl methyl sites for hydroxylation is 1. The minimum Gasteiger partial charge on any atom is -0.497 e. The summed E-state index contributed by atoms with van der Waals surface area (Å²) in [6, 6.07) is 6.74. The lowest BCUT2D eigenvalue weighted by Crippen LogP contribution is -2.38. The second kappa shape index (κ2) is 6.25. The first-order valence-corrected chi connectivity index (χ1v) is 10.2. The zero-order valence-corrected chi connectivity index (χ0v) is 13.0. The van der Waals surface area contributed by atoms with Crippen LogP contribution in [0.15, 0.2) is 18.2 Å².